The first kappa shape index (κ1) is 25.7. The molecular formula is C32H29N3O4. The summed E-state index contributed by atoms with van der Waals surface area (Å²) in [7, 11) is 2.05. The van der Waals surface area contributed by atoms with Crippen molar-refractivity contribution in [1.82, 2.24) is 4.57 Å². The summed E-state index contributed by atoms with van der Waals surface area (Å²) in [5.41, 5.74) is 6.81. The summed E-state index contributed by atoms with van der Waals surface area (Å²) in [6.07, 6.45) is 1.85. The van der Waals surface area contributed by atoms with Gasteiger partial charge < -0.3 is 14.0 Å². The van der Waals surface area contributed by atoms with Crippen LogP contribution in [-0.2, 0) is 39.3 Å². The molecule has 1 heterocycles. The Labute approximate surface area is 226 Å². The van der Waals surface area contributed by atoms with E-state index in [0.717, 1.165) is 49.9 Å². The third-order valence-electron chi connectivity index (χ3n) is 6.48. The Bertz CT molecular complexity index is 1670. The van der Waals surface area contributed by atoms with E-state index in [1.54, 1.807) is 0 Å². The molecule has 0 aliphatic rings. The molecule has 0 bridgehead atoms. The van der Waals surface area contributed by atoms with Gasteiger partial charge in [-0.05, 0) is 59.2 Å². The molecule has 7 nitrogen and oxygen atoms in total. The maximum absolute atomic E-state index is 11.2. The molecule has 7 heteroatoms. The molecule has 0 spiro atoms. The Hall–Kier alpha value is -4.91. The molecule has 0 saturated heterocycles. The van der Waals surface area contributed by atoms with Gasteiger partial charge in [-0.15, -0.1) is 0 Å². The van der Waals surface area contributed by atoms with Crippen molar-refractivity contribution in [1.29, 1.82) is 0 Å². The minimum Gasteiger partial charge on any atom is -0.461 e. The Morgan fingerprint density at radius 1 is 0.744 bits per heavy atom. The molecule has 39 heavy (non-hydrogen) atoms. The summed E-state index contributed by atoms with van der Waals surface area (Å²) in [6.45, 7) is 3.31. The number of rotatable bonds is 8. The van der Waals surface area contributed by atoms with Gasteiger partial charge in [0.2, 0.25) is 0 Å². The lowest BCUT2D eigenvalue weighted by Crippen LogP contribution is -2.09. The second-order valence-corrected chi connectivity index (χ2v) is 9.31. The third-order valence-corrected chi connectivity index (χ3v) is 6.48. The largest absolute Gasteiger partial charge is 0.461 e. The van der Waals surface area contributed by atoms with Crippen molar-refractivity contribution in [3.63, 3.8) is 0 Å². The number of nitrogens with zero attached hydrogens (tertiary/aromatic N) is 3. The average molecular weight is 520 g/mol. The number of esters is 2. The number of para-hydroxylation sites is 1. The molecule has 5 aromatic rings. The Balaban J connectivity index is 1.46. The van der Waals surface area contributed by atoms with Gasteiger partial charge >= 0.3 is 11.9 Å². The number of aryl methyl sites for hydroxylation is 1. The van der Waals surface area contributed by atoms with E-state index in [0.29, 0.717) is 0 Å². The smallest absolute Gasteiger partial charge is 0.302 e. The molecule has 0 radical (unpaired) electrons. The minimum absolute atomic E-state index is 0.237. The lowest BCUT2D eigenvalue weighted by atomic mass is 10.1. The highest BCUT2D eigenvalue weighted by atomic mass is 16.5. The first-order valence-electron chi connectivity index (χ1n) is 12.6. The number of ether oxygens (including phenoxy) is 2. The van der Waals surface area contributed by atoms with Gasteiger partial charge in [0.15, 0.2) is 0 Å². The van der Waals surface area contributed by atoms with Crippen LogP contribution in [0.4, 0.5) is 11.4 Å². The van der Waals surface area contributed by atoms with Crippen LogP contribution in [0.1, 0.15) is 30.5 Å². The molecule has 4 aromatic carbocycles. The second kappa shape index (κ2) is 11.2. The molecule has 1 aromatic heterocycles. The van der Waals surface area contributed by atoms with Crippen LogP contribution in [0.15, 0.2) is 96.1 Å². The fourth-order valence-electron chi connectivity index (χ4n) is 4.52. The lowest BCUT2D eigenvalue weighted by Gasteiger charge is -2.19. The number of hydrogen-bond acceptors (Lipinski definition) is 6. The van der Waals surface area contributed by atoms with Crippen LogP contribution in [0.2, 0.25) is 0 Å². The monoisotopic (exact) mass is 519 g/mol. The van der Waals surface area contributed by atoms with Crippen molar-refractivity contribution in [2.45, 2.75) is 27.1 Å². The normalized spacial score (nSPS) is 11.3. The van der Waals surface area contributed by atoms with Crippen LogP contribution < -0.4 is 5.01 Å². The van der Waals surface area contributed by atoms with Crippen molar-refractivity contribution in [2.24, 2.45) is 12.1 Å². The first-order valence-corrected chi connectivity index (χ1v) is 12.6. The average Bonchev–Trinajstić information content (AvgIpc) is 3.22. The Morgan fingerprint density at radius 2 is 1.38 bits per heavy atom. The second-order valence-electron chi connectivity index (χ2n) is 9.31. The highest BCUT2D eigenvalue weighted by molar-refractivity contribution is 6.09. The van der Waals surface area contributed by atoms with Crippen molar-refractivity contribution >= 4 is 51.3 Å². The highest BCUT2D eigenvalue weighted by Gasteiger charge is 2.11. The zero-order chi connectivity index (χ0) is 27.4. The molecule has 0 aliphatic heterocycles. The van der Waals surface area contributed by atoms with Crippen LogP contribution >= 0.6 is 0 Å². The van der Waals surface area contributed by atoms with Gasteiger partial charge in [0.05, 0.1) is 17.6 Å². The van der Waals surface area contributed by atoms with Crippen LogP contribution in [-0.4, -0.2) is 22.7 Å². The Kier molecular flexibility index (Phi) is 7.41. The van der Waals surface area contributed by atoms with Gasteiger partial charge in [-0.25, -0.2) is 5.01 Å². The molecule has 0 N–H and O–H groups in total. The van der Waals surface area contributed by atoms with Crippen molar-refractivity contribution in [2.75, 3.05) is 5.01 Å². The van der Waals surface area contributed by atoms with E-state index in [2.05, 4.69) is 34.9 Å². The summed E-state index contributed by atoms with van der Waals surface area (Å²) in [5, 5.41) is 8.96. The van der Waals surface area contributed by atoms with Crippen molar-refractivity contribution in [3.8, 4) is 0 Å². The molecule has 0 aliphatic carbocycles. The van der Waals surface area contributed by atoms with Gasteiger partial charge in [-0.3, -0.25) is 9.59 Å². The SMILES string of the molecule is CC(=O)OCc1ccc(N(N=Cc2ccc3c4cc(COC(C)=O)ccc4n(C)c3c2)c2ccccc2)cc1. The summed E-state index contributed by atoms with van der Waals surface area (Å²) in [6, 6.07) is 30.1. The van der Waals surface area contributed by atoms with Crippen LogP contribution in [0, 0.1) is 0 Å². The fourth-order valence-corrected chi connectivity index (χ4v) is 4.52. The number of carbonyl (C=O) groups excluding carboxylic acids is 2. The molecule has 0 saturated carbocycles. The maximum Gasteiger partial charge on any atom is 0.302 e. The molecule has 0 fully saturated rings. The molecule has 0 atom stereocenters. The van der Waals surface area contributed by atoms with Gasteiger partial charge in [0.1, 0.15) is 13.2 Å². The topological polar surface area (TPSA) is 73.1 Å². The molecule has 0 amide bonds. The molecule has 196 valence electrons. The molecular weight excluding hydrogens is 490 g/mol. The third kappa shape index (κ3) is 5.83. The van der Waals surface area contributed by atoms with E-state index < -0.39 is 0 Å². The van der Waals surface area contributed by atoms with E-state index in [1.807, 2.05) is 78.9 Å². The van der Waals surface area contributed by atoms with E-state index in [-0.39, 0.29) is 25.2 Å². The number of carbonyl (C=O) groups is 2. The predicted octanol–water partition coefficient (Wildman–Crippen LogP) is 6.63. The summed E-state index contributed by atoms with van der Waals surface area (Å²) < 4.78 is 12.5. The zero-order valence-corrected chi connectivity index (χ0v) is 22.1. The summed E-state index contributed by atoms with van der Waals surface area (Å²) in [5.74, 6) is -0.598. The van der Waals surface area contributed by atoms with E-state index >= 15 is 0 Å². The summed E-state index contributed by atoms with van der Waals surface area (Å²) in [4.78, 5) is 22.4. The number of hydrazone groups is 1. The minimum atomic E-state index is -0.305. The number of aromatic nitrogens is 1. The number of fused-ring (bicyclic) bond motifs is 3. The van der Waals surface area contributed by atoms with Crippen LogP contribution in [0.3, 0.4) is 0 Å². The Morgan fingerprint density at radius 3 is 2.08 bits per heavy atom. The number of benzene rings is 4. The summed E-state index contributed by atoms with van der Waals surface area (Å²) >= 11 is 0. The quantitative estimate of drug-likeness (QED) is 0.131. The molecule has 5 rings (SSSR count). The maximum atomic E-state index is 11.2. The lowest BCUT2D eigenvalue weighted by molar-refractivity contribution is -0.143. The van der Waals surface area contributed by atoms with E-state index in [4.69, 9.17) is 14.6 Å². The predicted molar refractivity (Wildman–Crippen MR) is 154 cm³/mol. The molecule has 0 unspecified atom stereocenters. The number of anilines is 2. The highest BCUT2D eigenvalue weighted by Crippen LogP contribution is 2.30. The van der Waals surface area contributed by atoms with Crippen molar-refractivity contribution in [3.05, 3.63) is 108 Å². The number of hydrogen-bond donors (Lipinski definition) is 0. The fraction of sp³-hybridized carbons (Fsp3) is 0.156. The van der Waals surface area contributed by atoms with Crippen molar-refractivity contribution < 1.29 is 19.1 Å². The zero-order valence-electron chi connectivity index (χ0n) is 22.1. The standard InChI is InChI=1S/C32H29N3O4/c1-22(36)38-20-24-9-13-28(14-10-24)35(27-7-5-4-6-8-27)33-19-25-11-15-29-30-17-26(21-39-23(2)37)12-16-31(30)34(3)32(29)18-25/h4-19H,20-21H2,1-3H3. The van der Waals surface area contributed by atoms with Crippen LogP contribution in [0.25, 0.3) is 21.8 Å². The van der Waals surface area contributed by atoms with Gasteiger partial charge in [0.25, 0.3) is 0 Å². The van der Waals surface area contributed by atoms with E-state index in [9.17, 15) is 9.59 Å². The van der Waals surface area contributed by atoms with E-state index in [1.165, 1.54) is 13.8 Å². The van der Waals surface area contributed by atoms with Gasteiger partial charge in [0, 0.05) is 42.7 Å². The first-order chi connectivity index (χ1) is 18.9. The van der Waals surface area contributed by atoms with Gasteiger partial charge in [-0.2, -0.15) is 5.10 Å². The van der Waals surface area contributed by atoms with Crippen LogP contribution in [0.5, 0.6) is 0 Å². The van der Waals surface area contributed by atoms with Gasteiger partial charge in [-0.1, -0.05) is 48.5 Å².